The SMILES string of the molecule is O=C(Nc1nc(-c2c[nH]c3ccccc23)cs1)c1ccc(Br)s1. The van der Waals surface area contributed by atoms with Crippen LogP contribution in [0.25, 0.3) is 22.2 Å². The third kappa shape index (κ3) is 2.83. The minimum Gasteiger partial charge on any atom is -0.360 e. The molecule has 0 radical (unpaired) electrons. The van der Waals surface area contributed by atoms with Crippen LogP contribution in [-0.2, 0) is 0 Å². The number of fused-ring (bicyclic) bond motifs is 1. The predicted octanol–water partition coefficient (Wildman–Crippen LogP) is 5.37. The first-order valence-corrected chi connectivity index (χ1v) is 9.28. The lowest BCUT2D eigenvalue weighted by atomic mass is 10.1. The Morgan fingerprint density at radius 3 is 2.91 bits per heavy atom. The third-order valence-electron chi connectivity index (χ3n) is 3.39. The summed E-state index contributed by atoms with van der Waals surface area (Å²) in [4.78, 5) is 20.6. The number of benzene rings is 1. The molecule has 0 atom stereocenters. The Balaban J connectivity index is 1.60. The number of thiazole rings is 1. The molecular weight excluding hydrogens is 394 g/mol. The van der Waals surface area contributed by atoms with E-state index in [1.54, 1.807) is 6.07 Å². The van der Waals surface area contributed by atoms with Gasteiger partial charge in [0.2, 0.25) is 0 Å². The number of carbonyl (C=O) groups excluding carboxylic acids is 1. The molecule has 23 heavy (non-hydrogen) atoms. The zero-order valence-corrected chi connectivity index (χ0v) is 14.9. The summed E-state index contributed by atoms with van der Waals surface area (Å²) < 4.78 is 0.932. The molecule has 4 rings (SSSR count). The Kier molecular flexibility index (Phi) is 3.76. The number of nitrogens with one attached hydrogen (secondary N) is 2. The zero-order chi connectivity index (χ0) is 15.8. The monoisotopic (exact) mass is 403 g/mol. The fourth-order valence-corrected chi connectivity index (χ4v) is 4.32. The van der Waals surface area contributed by atoms with Gasteiger partial charge in [0.1, 0.15) is 0 Å². The number of aromatic amines is 1. The predicted molar refractivity (Wildman–Crippen MR) is 99.4 cm³/mol. The van der Waals surface area contributed by atoms with Crippen molar-refractivity contribution in [1.29, 1.82) is 0 Å². The molecule has 0 fully saturated rings. The summed E-state index contributed by atoms with van der Waals surface area (Å²) in [5, 5.41) is 6.52. The van der Waals surface area contributed by atoms with Gasteiger partial charge in [0, 0.05) is 28.0 Å². The molecule has 1 aromatic carbocycles. The number of thiophene rings is 1. The Bertz CT molecular complexity index is 1000. The van der Waals surface area contributed by atoms with Gasteiger partial charge in [0.15, 0.2) is 5.13 Å². The molecule has 4 nitrogen and oxygen atoms in total. The van der Waals surface area contributed by atoms with Crippen LogP contribution in [0.1, 0.15) is 9.67 Å². The maximum Gasteiger partial charge on any atom is 0.267 e. The molecule has 4 aromatic rings. The average Bonchev–Trinajstić information content (AvgIpc) is 3.26. The highest BCUT2D eigenvalue weighted by atomic mass is 79.9. The van der Waals surface area contributed by atoms with Crippen LogP contribution in [0, 0.1) is 0 Å². The highest BCUT2D eigenvalue weighted by molar-refractivity contribution is 9.11. The van der Waals surface area contributed by atoms with Gasteiger partial charge in [-0.2, -0.15) is 0 Å². The van der Waals surface area contributed by atoms with E-state index in [9.17, 15) is 4.79 Å². The van der Waals surface area contributed by atoms with Crippen LogP contribution in [0.4, 0.5) is 5.13 Å². The van der Waals surface area contributed by atoms with Crippen molar-refractivity contribution in [2.45, 2.75) is 0 Å². The molecule has 3 heterocycles. The van der Waals surface area contributed by atoms with Gasteiger partial charge in [-0.25, -0.2) is 4.98 Å². The van der Waals surface area contributed by atoms with Crippen molar-refractivity contribution in [3.05, 3.63) is 56.6 Å². The Hall–Kier alpha value is -1.96. The standard InChI is InChI=1S/C16H10BrN3OS2/c17-14-6-5-13(23-14)15(21)20-16-19-12(8-22-16)10-7-18-11-4-2-1-3-9(10)11/h1-8,18H,(H,19,20,21). The van der Waals surface area contributed by atoms with E-state index in [2.05, 4.69) is 37.3 Å². The number of hydrogen-bond donors (Lipinski definition) is 2. The highest BCUT2D eigenvalue weighted by Gasteiger charge is 2.13. The molecule has 7 heteroatoms. The lowest BCUT2D eigenvalue weighted by Crippen LogP contribution is -2.09. The molecule has 114 valence electrons. The van der Waals surface area contributed by atoms with Crippen molar-refractivity contribution in [2.24, 2.45) is 0 Å². The number of halogens is 1. The molecule has 0 aliphatic heterocycles. The molecule has 2 N–H and O–H groups in total. The Labute approximate surface area is 148 Å². The molecule has 0 saturated heterocycles. The van der Waals surface area contributed by atoms with Crippen LogP contribution < -0.4 is 5.32 Å². The van der Waals surface area contributed by atoms with E-state index >= 15 is 0 Å². The van der Waals surface area contributed by atoms with Crippen molar-refractivity contribution in [3.63, 3.8) is 0 Å². The van der Waals surface area contributed by atoms with Crippen LogP contribution in [-0.4, -0.2) is 15.9 Å². The second kappa shape index (κ2) is 5.92. The molecular formula is C16H10BrN3OS2. The van der Waals surface area contributed by atoms with Gasteiger partial charge >= 0.3 is 0 Å². The van der Waals surface area contributed by atoms with Crippen LogP contribution in [0.15, 0.2) is 51.8 Å². The Morgan fingerprint density at radius 2 is 2.09 bits per heavy atom. The van der Waals surface area contributed by atoms with E-state index in [1.807, 2.05) is 35.8 Å². The van der Waals surface area contributed by atoms with Gasteiger partial charge in [-0.15, -0.1) is 22.7 Å². The van der Waals surface area contributed by atoms with Crippen molar-refractivity contribution in [3.8, 4) is 11.3 Å². The summed E-state index contributed by atoms with van der Waals surface area (Å²) in [6.07, 6.45) is 1.95. The van der Waals surface area contributed by atoms with Gasteiger partial charge < -0.3 is 4.98 Å². The minimum atomic E-state index is -0.138. The van der Waals surface area contributed by atoms with E-state index in [0.29, 0.717) is 10.0 Å². The molecule has 0 aliphatic rings. The first-order chi connectivity index (χ1) is 11.2. The van der Waals surface area contributed by atoms with Gasteiger partial charge in [-0.1, -0.05) is 18.2 Å². The molecule has 0 unspecified atom stereocenters. The van der Waals surface area contributed by atoms with E-state index < -0.39 is 0 Å². The first-order valence-electron chi connectivity index (χ1n) is 6.79. The quantitative estimate of drug-likeness (QED) is 0.483. The van der Waals surface area contributed by atoms with Crippen molar-refractivity contribution in [2.75, 3.05) is 5.32 Å². The second-order valence-electron chi connectivity index (χ2n) is 4.84. The lowest BCUT2D eigenvalue weighted by molar-refractivity contribution is 0.103. The van der Waals surface area contributed by atoms with Crippen LogP contribution >= 0.6 is 38.6 Å². The molecule has 3 aromatic heterocycles. The maximum absolute atomic E-state index is 12.2. The van der Waals surface area contributed by atoms with Gasteiger partial charge in [0.05, 0.1) is 14.4 Å². The number of aromatic nitrogens is 2. The molecule has 0 saturated carbocycles. The van der Waals surface area contributed by atoms with Crippen LogP contribution in [0.3, 0.4) is 0 Å². The van der Waals surface area contributed by atoms with Gasteiger partial charge in [-0.3, -0.25) is 10.1 Å². The van der Waals surface area contributed by atoms with E-state index in [4.69, 9.17) is 0 Å². The maximum atomic E-state index is 12.2. The lowest BCUT2D eigenvalue weighted by Gasteiger charge is -1.98. The normalized spacial score (nSPS) is 11.0. The summed E-state index contributed by atoms with van der Waals surface area (Å²) in [6.45, 7) is 0. The highest BCUT2D eigenvalue weighted by Crippen LogP contribution is 2.31. The third-order valence-corrected chi connectivity index (χ3v) is 5.77. The van der Waals surface area contributed by atoms with Crippen molar-refractivity contribution >= 4 is 60.5 Å². The summed E-state index contributed by atoms with van der Waals surface area (Å²) >= 11 is 6.18. The fraction of sp³-hybridized carbons (Fsp3) is 0. The molecule has 0 aliphatic carbocycles. The largest absolute Gasteiger partial charge is 0.360 e. The van der Waals surface area contributed by atoms with Crippen LogP contribution in [0.2, 0.25) is 0 Å². The number of nitrogens with zero attached hydrogens (tertiary/aromatic N) is 1. The summed E-state index contributed by atoms with van der Waals surface area (Å²) in [5.74, 6) is -0.138. The zero-order valence-electron chi connectivity index (χ0n) is 11.7. The summed E-state index contributed by atoms with van der Waals surface area (Å²) in [6, 6.07) is 11.7. The average molecular weight is 404 g/mol. The van der Waals surface area contributed by atoms with Crippen LogP contribution in [0.5, 0.6) is 0 Å². The molecule has 0 bridgehead atoms. The van der Waals surface area contributed by atoms with Crippen molar-refractivity contribution < 1.29 is 4.79 Å². The van der Waals surface area contributed by atoms with E-state index in [0.717, 1.165) is 25.9 Å². The summed E-state index contributed by atoms with van der Waals surface area (Å²) in [7, 11) is 0. The van der Waals surface area contributed by atoms with E-state index in [1.165, 1.54) is 22.7 Å². The second-order valence-corrected chi connectivity index (χ2v) is 8.16. The number of para-hydroxylation sites is 1. The Morgan fingerprint density at radius 1 is 1.22 bits per heavy atom. The number of hydrogen-bond acceptors (Lipinski definition) is 4. The number of anilines is 1. The first kappa shape index (κ1) is 14.6. The van der Waals surface area contributed by atoms with Gasteiger partial charge in [-0.05, 0) is 34.1 Å². The van der Waals surface area contributed by atoms with Crippen molar-refractivity contribution in [1.82, 2.24) is 9.97 Å². The molecule has 0 spiro atoms. The topological polar surface area (TPSA) is 57.8 Å². The van der Waals surface area contributed by atoms with Gasteiger partial charge in [0.25, 0.3) is 5.91 Å². The number of rotatable bonds is 3. The number of amides is 1. The molecule has 1 amide bonds. The number of carbonyl (C=O) groups is 1. The van der Waals surface area contributed by atoms with E-state index in [-0.39, 0.29) is 5.91 Å². The smallest absolute Gasteiger partial charge is 0.267 e. The minimum absolute atomic E-state index is 0.138. The number of H-pyrrole nitrogens is 1. The fourth-order valence-electron chi connectivity index (χ4n) is 2.33. The summed E-state index contributed by atoms with van der Waals surface area (Å²) in [5.41, 5.74) is 2.97.